The first-order valence-corrected chi connectivity index (χ1v) is 5.51. The third kappa shape index (κ3) is 2.38. The summed E-state index contributed by atoms with van der Waals surface area (Å²) < 4.78 is 0. The molecule has 1 saturated carbocycles. The number of aromatic nitrogens is 1. The van der Waals surface area contributed by atoms with Crippen molar-refractivity contribution in [1.82, 2.24) is 4.98 Å². The minimum Gasteiger partial charge on any atom is -0.423 e. The Hall–Kier alpha value is -0.865. The fraction of sp³-hybridized carbons (Fsp3) is 0.545. The zero-order chi connectivity index (χ0) is 10.8. The summed E-state index contributed by atoms with van der Waals surface area (Å²) >= 11 is 0. The summed E-state index contributed by atoms with van der Waals surface area (Å²) in [4.78, 5) is 4.48. The molecule has 15 heavy (non-hydrogen) atoms. The van der Waals surface area contributed by atoms with E-state index in [1.807, 2.05) is 13.0 Å². The standard InChI is InChI=1S/C11H16BNO2/c1-8-6-10(12(14)15)7-11(13-8)9-4-2-3-5-9/h6-7,9,14-15H,2-5H2,1H3. The van der Waals surface area contributed by atoms with Gasteiger partial charge in [0.05, 0.1) is 0 Å². The summed E-state index contributed by atoms with van der Waals surface area (Å²) in [6.07, 6.45) is 4.88. The van der Waals surface area contributed by atoms with Crippen LogP contribution in [0.25, 0.3) is 0 Å². The van der Waals surface area contributed by atoms with Crippen LogP contribution in [0, 0.1) is 6.92 Å². The summed E-state index contributed by atoms with van der Waals surface area (Å²) in [5.74, 6) is 0.516. The topological polar surface area (TPSA) is 53.4 Å². The molecule has 3 nitrogen and oxygen atoms in total. The van der Waals surface area contributed by atoms with Crippen molar-refractivity contribution in [2.45, 2.75) is 38.5 Å². The highest BCUT2D eigenvalue weighted by Crippen LogP contribution is 2.32. The summed E-state index contributed by atoms with van der Waals surface area (Å²) in [7, 11) is -1.38. The van der Waals surface area contributed by atoms with E-state index in [0.717, 1.165) is 11.4 Å². The van der Waals surface area contributed by atoms with Gasteiger partial charge >= 0.3 is 7.12 Å². The summed E-state index contributed by atoms with van der Waals surface area (Å²) in [6, 6.07) is 3.55. The van der Waals surface area contributed by atoms with E-state index in [1.165, 1.54) is 25.7 Å². The minimum atomic E-state index is -1.38. The summed E-state index contributed by atoms with van der Waals surface area (Å²) in [5, 5.41) is 18.3. The highest BCUT2D eigenvalue weighted by atomic mass is 16.4. The number of aryl methyl sites for hydroxylation is 1. The van der Waals surface area contributed by atoms with E-state index in [-0.39, 0.29) is 0 Å². The molecule has 1 aromatic rings. The Labute approximate surface area is 90.3 Å². The van der Waals surface area contributed by atoms with E-state index in [9.17, 15) is 0 Å². The van der Waals surface area contributed by atoms with E-state index in [1.54, 1.807) is 6.07 Å². The van der Waals surface area contributed by atoms with Gasteiger partial charge in [-0.05, 0) is 37.4 Å². The maximum atomic E-state index is 9.14. The van der Waals surface area contributed by atoms with Gasteiger partial charge in [0.15, 0.2) is 0 Å². The Morgan fingerprint density at radius 1 is 1.27 bits per heavy atom. The molecule has 1 aliphatic carbocycles. The number of rotatable bonds is 2. The molecule has 2 rings (SSSR count). The average molecular weight is 205 g/mol. The van der Waals surface area contributed by atoms with Crippen LogP contribution in [-0.2, 0) is 0 Å². The third-order valence-electron chi connectivity index (χ3n) is 3.07. The smallest absolute Gasteiger partial charge is 0.423 e. The predicted octanol–water partition coefficient (Wildman–Crippen LogP) is 0.727. The lowest BCUT2D eigenvalue weighted by molar-refractivity contribution is 0.425. The molecule has 1 heterocycles. The van der Waals surface area contributed by atoms with Crippen LogP contribution in [0.1, 0.15) is 43.0 Å². The molecule has 0 bridgehead atoms. The number of nitrogens with zero attached hydrogens (tertiary/aromatic N) is 1. The molecule has 0 aromatic carbocycles. The first kappa shape index (κ1) is 10.6. The van der Waals surface area contributed by atoms with Crippen molar-refractivity contribution in [1.29, 1.82) is 0 Å². The number of hydrogen-bond donors (Lipinski definition) is 2. The zero-order valence-corrected chi connectivity index (χ0v) is 8.98. The molecule has 0 amide bonds. The van der Waals surface area contributed by atoms with Crippen molar-refractivity contribution < 1.29 is 10.0 Å². The maximum absolute atomic E-state index is 9.14. The minimum absolute atomic E-state index is 0.516. The highest BCUT2D eigenvalue weighted by Gasteiger charge is 2.21. The van der Waals surface area contributed by atoms with Gasteiger partial charge in [-0.15, -0.1) is 0 Å². The molecule has 4 heteroatoms. The fourth-order valence-electron chi connectivity index (χ4n) is 2.30. The van der Waals surface area contributed by atoms with Crippen LogP contribution in [0.4, 0.5) is 0 Å². The van der Waals surface area contributed by atoms with E-state index < -0.39 is 7.12 Å². The number of hydrogen-bond acceptors (Lipinski definition) is 3. The molecule has 0 atom stereocenters. The molecule has 0 radical (unpaired) electrons. The first-order valence-electron chi connectivity index (χ1n) is 5.51. The third-order valence-corrected chi connectivity index (χ3v) is 3.07. The molecule has 0 spiro atoms. The van der Waals surface area contributed by atoms with Crippen molar-refractivity contribution in [2.75, 3.05) is 0 Å². The van der Waals surface area contributed by atoms with Crippen LogP contribution in [0.5, 0.6) is 0 Å². The normalized spacial score (nSPS) is 17.0. The lowest BCUT2D eigenvalue weighted by Crippen LogP contribution is -2.31. The van der Waals surface area contributed by atoms with Gasteiger partial charge in [-0.25, -0.2) is 0 Å². The largest absolute Gasteiger partial charge is 0.488 e. The highest BCUT2D eigenvalue weighted by molar-refractivity contribution is 6.58. The van der Waals surface area contributed by atoms with E-state index in [2.05, 4.69) is 4.98 Å². The molecule has 1 aliphatic rings. The Kier molecular flexibility index (Phi) is 3.07. The Morgan fingerprint density at radius 3 is 2.53 bits per heavy atom. The fourth-order valence-corrected chi connectivity index (χ4v) is 2.30. The molecule has 0 saturated heterocycles. The van der Waals surface area contributed by atoms with Gasteiger partial charge in [0, 0.05) is 17.3 Å². The van der Waals surface area contributed by atoms with Crippen molar-refractivity contribution in [3.63, 3.8) is 0 Å². The lowest BCUT2D eigenvalue weighted by atomic mass is 9.79. The van der Waals surface area contributed by atoms with Gasteiger partial charge in [-0.3, -0.25) is 4.98 Å². The quantitative estimate of drug-likeness (QED) is 0.699. The Balaban J connectivity index is 2.30. The van der Waals surface area contributed by atoms with E-state index in [4.69, 9.17) is 10.0 Å². The molecular weight excluding hydrogens is 189 g/mol. The molecule has 1 aromatic heterocycles. The Morgan fingerprint density at radius 2 is 1.93 bits per heavy atom. The second-order valence-electron chi connectivity index (χ2n) is 4.32. The van der Waals surface area contributed by atoms with Crippen LogP contribution >= 0.6 is 0 Å². The lowest BCUT2D eigenvalue weighted by Gasteiger charge is -2.11. The van der Waals surface area contributed by atoms with E-state index >= 15 is 0 Å². The van der Waals surface area contributed by atoms with E-state index in [0.29, 0.717) is 11.4 Å². The van der Waals surface area contributed by atoms with Crippen molar-refractivity contribution >= 4 is 12.6 Å². The monoisotopic (exact) mass is 205 g/mol. The van der Waals surface area contributed by atoms with Gasteiger partial charge in [0.25, 0.3) is 0 Å². The van der Waals surface area contributed by atoms with Crippen molar-refractivity contribution in [3.8, 4) is 0 Å². The average Bonchev–Trinajstić information content (AvgIpc) is 2.69. The SMILES string of the molecule is Cc1cc(B(O)O)cc(C2CCCC2)n1. The molecule has 2 N–H and O–H groups in total. The second kappa shape index (κ2) is 4.33. The molecule has 80 valence electrons. The maximum Gasteiger partial charge on any atom is 0.488 e. The first-order chi connectivity index (χ1) is 7.16. The summed E-state index contributed by atoms with van der Waals surface area (Å²) in [5.41, 5.74) is 2.45. The molecule has 0 aliphatic heterocycles. The van der Waals surface area contributed by atoms with Gasteiger partial charge in [-0.2, -0.15) is 0 Å². The Bertz CT molecular complexity index is 348. The van der Waals surface area contributed by atoms with Crippen LogP contribution in [0.3, 0.4) is 0 Å². The molecule has 0 unspecified atom stereocenters. The van der Waals surface area contributed by atoms with Crippen LogP contribution in [-0.4, -0.2) is 22.2 Å². The molecular formula is C11H16BNO2. The predicted molar refractivity (Wildman–Crippen MR) is 60.0 cm³/mol. The van der Waals surface area contributed by atoms with Crippen molar-refractivity contribution in [2.24, 2.45) is 0 Å². The van der Waals surface area contributed by atoms with Gasteiger partial charge < -0.3 is 10.0 Å². The zero-order valence-electron chi connectivity index (χ0n) is 8.98. The van der Waals surface area contributed by atoms with Crippen LogP contribution in [0.15, 0.2) is 12.1 Å². The summed E-state index contributed by atoms with van der Waals surface area (Å²) in [6.45, 7) is 1.89. The van der Waals surface area contributed by atoms with Crippen LogP contribution < -0.4 is 5.46 Å². The number of pyridine rings is 1. The second-order valence-corrected chi connectivity index (χ2v) is 4.32. The van der Waals surface area contributed by atoms with Crippen molar-refractivity contribution in [3.05, 3.63) is 23.5 Å². The van der Waals surface area contributed by atoms with Crippen LogP contribution in [0.2, 0.25) is 0 Å². The van der Waals surface area contributed by atoms with Gasteiger partial charge in [0.2, 0.25) is 0 Å². The van der Waals surface area contributed by atoms with Gasteiger partial charge in [-0.1, -0.05) is 12.8 Å². The van der Waals surface area contributed by atoms with Gasteiger partial charge in [0.1, 0.15) is 0 Å². The molecule has 1 fully saturated rings.